The van der Waals surface area contributed by atoms with Crippen LogP contribution in [0, 0.1) is 5.92 Å². The van der Waals surface area contributed by atoms with Gasteiger partial charge in [-0.15, -0.1) is 5.10 Å². The van der Waals surface area contributed by atoms with E-state index < -0.39 is 0 Å². The van der Waals surface area contributed by atoms with Crippen molar-refractivity contribution in [2.75, 3.05) is 6.54 Å². The maximum Gasteiger partial charge on any atom is 0.0801 e. The summed E-state index contributed by atoms with van der Waals surface area (Å²) >= 11 is 1.60. The molecule has 1 aliphatic rings. The highest BCUT2D eigenvalue weighted by Crippen LogP contribution is 2.35. The molecule has 0 spiro atoms. The van der Waals surface area contributed by atoms with Crippen LogP contribution in [0.25, 0.3) is 0 Å². The Morgan fingerprint density at radius 2 is 1.94 bits per heavy atom. The lowest BCUT2D eigenvalue weighted by Crippen LogP contribution is -2.28. The fourth-order valence-corrected chi connectivity index (χ4v) is 3.94. The molecular weight excluding hydrogens is 242 g/mol. The van der Waals surface area contributed by atoms with E-state index in [4.69, 9.17) is 0 Å². The van der Waals surface area contributed by atoms with Gasteiger partial charge in [0.1, 0.15) is 0 Å². The first-order valence-corrected chi connectivity index (χ1v) is 8.18. The van der Waals surface area contributed by atoms with Gasteiger partial charge in [0.05, 0.1) is 10.6 Å². The molecule has 1 N–H and O–H groups in total. The molecule has 1 saturated carbocycles. The Balaban J connectivity index is 2.15. The fourth-order valence-electron chi connectivity index (χ4n) is 3.03. The molecule has 0 aromatic carbocycles. The lowest BCUT2D eigenvalue weighted by molar-refractivity contribution is 0.332. The van der Waals surface area contributed by atoms with Crippen LogP contribution in [0.2, 0.25) is 0 Å². The van der Waals surface area contributed by atoms with Crippen molar-refractivity contribution in [3.8, 4) is 0 Å². The van der Waals surface area contributed by atoms with E-state index >= 15 is 0 Å². The zero-order valence-electron chi connectivity index (χ0n) is 11.6. The van der Waals surface area contributed by atoms with Gasteiger partial charge in [-0.3, -0.25) is 0 Å². The Bertz CT molecular complexity index is 343. The smallest absolute Gasteiger partial charge is 0.0801 e. The monoisotopic (exact) mass is 267 g/mol. The van der Waals surface area contributed by atoms with Gasteiger partial charge in [-0.2, -0.15) is 0 Å². The third kappa shape index (κ3) is 3.29. The van der Waals surface area contributed by atoms with Crippen LogP contribution in [-0.2, 0) is 6.42 Å². The van der Waals surface area contributed by atoms with E-state index in [0.717, 1.165) is 18.9 Å². The molecule has 3 nitrogen and oxygen atoms in total. The van der Waals surface area contributed by atoms with Crippen molar-refractivity contribution >= 4 is 11.5 Å². The van der Waals surface area contributed by atoms with E-state index in [1.807, 2.05) is 0 Å². The number of nitrogens with one attached hydrogen (secondary N) is 1. The Morgan fingerprint density at radius 1 is 1.22 bits per heavy atom. The normalized spacial score (nSPS) is 19.7. The van der Waals surface area contributed by atoms with E-state index in [-0.39, 0.29) is 0 Å². The summed E-state index contributed by atoms with van der Waals surface area (Å²) in [6, 6.07) is 0.489. The summed E-state index contributed by atoms with van der Waals surface area (Å²) in [5.74, 6) is 0.778. The first-order valence-electron chi connectivity index (χ1n) is 7.41. The van der Waals surface area contributed by atoms with E-state index in [0.29, 0.717) is 6.04 Å². The predicted molar refractivity (Wildman–Crippen MR) is 76.9 cm³/mol. The number of hydrogen-bond donors (Lipinski definition) is 1. The topological polar surface area (TPSA) is 37.8 Å². The van der Waals surface area contributed by atoms with Crippen LogP contribution in [0.5, 0.6) is 0 Å². The second-order valence-corrected chi connectivity index (χ2v) is 6.01. The van der Waals surface area contributed by atoms with Crippen molar-refractivity contribution in [3.05, 3.63) is 10.6 Å². The quantitative estimate of drug-likeness (QED) is 0.826. The van der Waals surface area contributed by atoms with Gasteiger partial charge in [0, 0.05) is 6.04 Å². The molecule has 1 aliphatic carbocycles. The lowest BCUT2D eigenvalue weighted by Gasteiger charge is -2.26. The highest BCUT2D eigenvalue weighted by atomic mass is 32.1. The average molecular weight is 267 g/mol. The molecule has 1 atom stereocenters. The van der Waals surface area contributed by atoms with Crippen molar-refractivity contribution in [2.24, 2.45) is 5.92 Å². The average Bonchev–Trinajstić information content (AvgIpc) is 2.69. The number of aromatic nitrogens is 2. The van der Waals surface area contributed by atoms with Crippen LogP contribution in [0.3, 0.4) is 0 Å². The second-order valence-electron chi connectivity index (χ2n) is 5.22. The van der Waals surface area contributed by atoms with Crippen LogP contribution in [-0.4, -0.2) is 16.1 Å². The van der Waals surface area contributed by atoms with E-state index in [2.05, 4.69) is 28.8 Å². The van der Waals surface area contributed by atoms with Crippen LogP contribution >= 0.6 is 11.5 Å². The Labute approximate surface area is 115 Å². The first kappa shape index (κ1) is 13.9. The number of nitrogens with zero attached hydrogens (tertiary/aromatic N) is 2. The Hall–Kier alpha value is -0.480. The van der Waals surface area contributed by atoms with Crippen molar-refractivity contribution in [2.45, 2.75) is 64.8 Å². The third-order valence-corrected chi connectivity index (χ3v) is 4.85. The summed E-state index contributed by atoms with van der Waals surface area (Å²) in [5.41, 5.74) is 1.20. The summed E-state index contributed by atoms with van der Waals surface area (Å²) in [6.45, 7) is 5.41. The largest absolute Gasteiger partial charge is 0.309 e. The van der Waals surface area contributed by atoms with Crippen LogP contribution in [0.1, 0.15) is 69.0 Å². The molecule has 102 valence electrons. The molecule has 1 unspecified atom stereocenters. The number of rotatable bonds is 5. The van der Waals surface area contributed by atoms with Gasteiger partial charge in [-0.05, 0) is 43.3 Å². The summed E-state index contributed by atoms with van der Waals surface area (Å²) < 4.78 is 4.17. The first-order chi connectivity index (χ1) is 8.86. The zero-order valence-corrected chi connectivity index (χ0v) is 12.4. The van der Waals surface area contributed by atoms with Crippen molar-refractivity contribution in [1.29, 1.82) is 0 Å². The minimum absolute atomic E-state index is 0.489. The molecule has 1 heterocycles. The molecule has 0 saturated heterocycles. The molecule has 0 radical (unpaired) electrons. The molecule has 4 heteroatoms. The molecule has 1 aromatic rings. The summed E-state index contributed by atoms with van der Waals surface area (Å²) in [6.07, 6.45) is 9.33. The van der Waals surface area contributed by atoms with Gasteiger partial charge in [-0.1, -0.05) is 44.0 Å². The van der Waals surface area contributed by atoms with Crippen LogP contribution in [0.15, 0.2) is 0 Å². The van der Waals surface area contributed by atoms with E-state index in [1.54, 1.807) is 11.5 Å². The van der Waals surface area contributed by atoms with Gasteiger partial charge in [0.2, 0.25) is 0 Å². The minimum Gasteiger partial charge on any atom is -0.309 e. The van der Waals surface area contributed by atoms with E-state index in [9.17, 15) is 0 Å². The highest BCUT2D eigenvalue weighted by Gasteiger charge is 2.27. The molecular formula is C14H25N3S. The van der Waals surface area contributed by atoms with E-state index in [1.165, 1.54) is 49.1 Å². The molecule has 0 amide bonds. The second kappa shape index (κ2) is 7.19. The maximum atomic E-state index is 4.28. The zero-order chi connectivity index (χ0) is 12.8. The van der Waals surface area contributed by atoms with Gasteiger partial charge < -0.3 is 5.32 Å². The van der Waals surface area contributed by atoms with Gasteiger partial charge in [0.15, 0.2) is 0 Å². The van der Waals surface area contributed by atoms with Crippen molar-refractivity contribution in [1.82, 2.24) is 14.9 Å². The minimum atomic E-state index is 0.489. The Morgan fingerprint density at radius 3 is 2.56 bits per heavy atom. The molecule has 1 fully saturated rings. The summed E-state index contributed by atoms with van der Waals surface area (Å²) in [7, 11) is 0. The summed E-state index contributed by atoms with van der Waals surface area (Å²) in [4.78, 5) is 1.39. The molecule has 2 rings (SSSR count). The fraction of sp³-hybridized carbons (Fsp3) is 0.857. The highest BCUT2D eigenvalue weighted by molar-refractivity contribution is 7.05. The maximum absolute atomic E-state index is 4.28. The van der Waals surface area contributed by atoms with Crippen molar-refractivity contribution < 1.29 is 0 Å². The molecule has 1 aromatic heterocycles. The molecule has 0 bridgehead atoms. The third-order valence-electron chi connectivity index (χ3n) is 4.00. The lowest BCUT2D eigenvalue weighted by atomic mass is 9.90. The standard InChI is InChI=1S/C14H25N3S/c1-3-12-14(18-17-16-12)13(15-4-2)11-9-7-5-6-8-10-11/h11,13,15H,3-10H2,1-2H3. The van der Waals surface area contributed by atoms with Crippen LogP contribution < -0.4 is 5.32 Å². The van der Waals surface area contributed by atoms with Crippen molar-refractivity contribution in [3.63, 3.8) is 0 Å². The SMILES string of the molecule is CCNC(c1snnc1CC)C1CCCCCC1. The summed E-state index contributed by atoms with van der Waals surface area (Å²) in [5, 5.41) is 7.97. The predicted octanol–water partition coefficient (Wildman–Crippen LogP) is 3.72. The number of aryl methyl sites for hydroxylation is 1. The molecule has 18 heavy (non-hydrogen) atoms. The van der Waals surface area contributed by atoms with Crippen LogP contribution in [0.4, 0.5) is 0 Å². The Kier molecular flexibility index (Phi) is 5.57. The van der Waals surface area contributed by atoms with Gasteiger partial charge in [-0.25, -0.2) is 0 Å². The molecule has 0 aliphatic heterocycles. The number of hydrogen-bond acceptors (Lipinski definition) is 4. The van der Waals surface area contributed by atoms with Gasteiger partial charge in [0.25, 0.3) is 0 Å². The van der Waals surface area contributed by atoms with Gasteiger partial charge >= 0.3 is 0 Å².